The summed E-state index contributed by atoms with van der Waals surface area (Å²) in [7, 11) is -2.34. The van der Waals surface area contributed by atoms with Gasteiger partial charge >= 0.3 is 0 Å². The highest BCUT2D eigenvalue weighted by molar-refractivity contribution is 8.03. The molecule has 1 unspecified atom stereocenters. The Bertz CT molecular complexity index is 882. The minimum atomic E-state index is -3.74. The van der Waals surface area contributed by atoms with Crippen molar-refractivity contribution >= 4 is 50.8 Å². The lowest BCUT2D eigenvalue weighted by Gasteiger charge is -2.31. The first-order valence-corrected chi connectivity index (χ1v) is 9.62. The van der Waals surface area contributed by atoms with Crippen LogP contribution in [0.2, 0.25) is 10.0 Å². The zero-order valence-electron chi connectivity index (χ0n) is 11.9. The summed E-state index contributed by atoms with van der Waals surface area (Å²) in [6.45, 7) is 0. The van der Waals surface area contributed by atoms with E-state index in [1.54, 1.807) is 30.3 Å². The van der Waals surface area contributed by atoms with E-state index in [4.69, 9.17) is 23.2 Å². The number of sulfonamides is 1. The third-order valence-electron chi connectivity index (χ3n) is 3.48. The van der Waals surface area contributed by atoms with E-state index < -0.39 is 15.4 Å². The van der Waals surface area contributed by atoms with Gasteiger partial charge < -0.3 is 0 Å². The third-order valence-corrected chi connectivity index (χ3v) is 7.46. The maximum absolute atomic E-state index is 12.7. The normalized spacial score (nSPS) is 20.0. The van der Waals surface area contributed by atoms with Crippen LogP contribution in [0, 0.1) is 0 Å². The molecular weight excluding hydrogens is 377 g/mol. The number of Topliss-reactive ketones (excluding diaryl/α,β-unsaturated/α-hetero) is 1. The monoisotopic (exact) mass is 387 g/mol. The first kappa shape index (κ1) is 16.8. The number of hydrogen-bond donors (Lipinski definition) is 0. The molecule has 120 valence electrons. The molecule has 8 heteroatoms. The Morgan fingerprint density at radius 2 is 1.70 bits per heavy atom. The van der Waals surface area contributed by atoms with Gasteiger partial charge in [-0.05, 0) is 42.5 Å². The predicted molar refractivity (Wildman–Crippen MR) is 91.8 cm³/mol. The molecule has 0 saturated heterocycles. The van der Waals surface area contributed by atoms with E-state index in [0.29, 0.717) is 20.5 Å². The average Bonchev–Trinajstić information content (AvgIpc) is 2.51. The second-order valence-electron chi connectivity index (χ2n) is 4.95. The first-order chi connectivity index (χ1) is 10.8. The molecule has 0 N–H and O–H groups in total. The zero-order valence-corrected chi connectivity index (χ0v) is 15.0. The molecular formula is C15H11Cl2NO3S2. The van der Waals surface area contributed by atoms with Crippen LogP contribution in [0.1, 0.15) is 10.4 Å². The number of rotatable bonds is 2. The number of likely N-dealkylation sites (N-methyl/N-ethyl adjacent to an activating group) is 1. The number of ketones is 1. The van der Waals surface area contributed by atoms with Crippen molar-refractivity contribution in [1.82, 2.24) is 4.31 Å². The number of carbonyl (C=O) groups excluding carboxylic acids is 1. The Hall–Kier alpha value is -1.05. The number of thioether (sulfide) groups is 1. The standard InChI is InChI=1S/C15H11Cl2NO3S2/c1-18-15(14(19)9-2-4-10(16)5-3-9)22-12-8-11(17)6-7-13(12)23(18,20)21/h2-8,15H,1H3. The molecule has 2 aromatic rings. The summed E-state index contributed by atoms with van der Waals surface area (Å²) < 4.78 is 26.3. The smallest absolute Gasteiger partial charge is 0.245 e. The molecule has 1 aliphatic rings. The molecule has 0 spiro atoms. The lowest BCUT2D eigenvalue weighted by Crippen LogP contribution is -2.43. The van der Waals surface area contributed by atoms with E-state index >= 15 is 0 Å². The number of fused-ring (bicyclic) bond motifs is 1. The van der Waals surface area contributed by atoms with Crippen LogP contribution < -0.4 is 0 Å². The van der Waals surface area contributed by atoms with Crippen molar-refractivity contribution in [2.75, 3.05) is 7.05 Å². The highest BCUT2D eigenvalue weighted by Crippen LogP contribution is 2.41. The van der Waals surface area contributed by atoms with E-state index in [0.717, 1.165) is 4.31 Å². The molecule has 0 aliphatic carbocycles. The number of benzene rings is 2. The van der Waals surface area contributed by atoms with Gasteiger partial charge in [-0.1, -0.05) is 35.0 Å². The summed E-state index contributed by atoms with van der Waals surface area (Å²) in [6.07, 6.45) is 0. The summed E-state index contributed by atoms with van der Waals surface area (Å²) in [5.74, 6) is -0.302. The van der Waals surface area contributed by atoms with Gasteiger partial charge in [0.05, 0.1) is 4.90 Å². The van der Waals surface area contributed by atoms with Crippen LogP contribution >= 0.6 is 35.0 Å². The van der Waals surface area contributed by atoms with Crippen LogP contribution in [0.25, 0.3) is 0 Å². The molecule has 0 bridgehead atoms. The van der Waals surface area contributed by atoms with E-state index in [2.05, 4.69) is 0 Å². The van der Waals surface area contributed by atoms with Gasteiger partial charge in [-0.2, -0.15) is 4.31 Å². The predicted octanol–water partition coefficient (Wildman–Crippen LogP) is 3.93. The van der Waals surface area contributed by atoms with Gasteiger partial charge in [-0.3, -0.25) is 4.79 Å². The largest absolute Gasteiger partial charge is 0.291 e. The van der Waals surface area contributed by atoms with E-state index in [9.17, 15) is 13.2 Å². The van der Waals surface area contributed by atoms with Crippen LogP contribution in [0.15, 0.2) is 52.3 Å². The fraction of sp³-hybridized carbons (Fsp3) is 0.133. The molecule has 0 fully saturated rings. The Labute approximate surface area is 148 Å². The Morgan fingerprint density at radius 1 is 1.09 bits per heavy atom. The quantitative estimate of drug-likeness (QED) is 0.732. The molecule has 1 heterocycles. The van der Waals surface area contributed by atoms with E-state index in [1.807, 2.05) is 0 Å². The molecule has 2 aromatic carbocycles. The summed E-state index contributed by atoms with van der Waals surface area (Å²) in [4.78, 5) is 13.3. The van der Waals surface area contributed by atoms with Gasteiger partial charge in [0.25, 0.3) is 0 Å². The molecule has 1 atom stereocenters. The van der Waals surface area contributed by atoms with Gasteiger partial charge in [0.15, 0.2) is 5.78 Å². The maximum atomic E-state index is 12.7. The van der Waals surface area contributed by atoms with Gasteiger partial charge in [-0.15, -0.1) is 0 Å². The number of halogens is 2. The van der Waals surface area contributed by atoms with Crippen molar-refractivity contribution in [3.63, 3.8) is 0 Å². The lowest BCUT2D eigenvalue weighted by molar-refractivity contribution is 0.0955. The van der Waals surface area contributed by atoms with Crippen LogP contribution in [-0.4, -0.2) is 30.9 Å². The molecule has 4 nitrogen and oxygen atoms in total. The second-order valence-corrected chi connectivity index (χ2v) is 8.91. The molecule has 0 saturated carbocycles. The van der Waals surface area contributed by atoms with E-state index in [1.165, 1.54) is 30.9 Å². The third kappa shape index (κ3) is 3.02. The van der Waals surface area contributed by atoms with Crippen LogP contribution in [0.3, 0.4) is 0 Å². The highest BCUT2D eigenvalue weighted by atomic mass is 35.5. The fourth-order valence-corrected chi connectivity index (χ4v) is 5.75. The summed E-state index contributed by atoms with van der Waals surface area (Å²) >= 11 is 12.9. The number of hydrogen-bond acceptors (Lipinski definition) is 4. The first-order valence-electron chi connectivity index (χ1n) is 6.55. The van der Waals surface area contributed by atoms with Crippen molar-refractivity contribution < 1.29 is 13.2 Å². The summed E-state index contributed by atoms with van der Waals surface area (Å²) in [5, 5.41) is 0.0526. The van der Waals surface area contributed by atoms with Crippen molar-refractivity contribution in [1.29, 1.82) is 0 Å². The maximum Gasteiger partial charge on any atom is 0.245 e. The Morgan fingerprint density at radius 3 is 2.35 bits per heavy atom. The highest BCUT2D eigenvalue weighted by Gasteiger charge is 2.40. The fourth-order valence-electron chi connectivity index (χ4n) is 2.24. The lowest BCUT2D eigenvalue weighted by atomic mass is 10.1. The van der Waals surface area contributed by atoms with E-state index in [-0.39, 0.29) is 10.7 Å². The number of nitrogens with zero attached hydrogens (tertiary/aromatic N) is 1. The SMILES string of the molecule is CN1C(C(=O)c2ccc(Cl)cc2)Sc2cc(Cl)ccc2S1(=O)=O. The number of carbonyl (C=O) groups is 1. The van der Waals surface area contributed by atoms with Crippen LogP contribution in [0.5, 0.6) is 0 Å². The van der Waals surface area contributed by atoms with Gasteiger partial charge in [0.2, 0.25) is 10.0 Å². The Balaban J connectivity index is 2.05. The van der Waals surface area contributed by atoms with Crippen molar-refractivity contribution in [2.24, 2.45) is 0 Å². The van der Waals surface area contributed by atoms with Crippen molar-refractivity contribution in [3.8, 4) is 0 Å². The summed E-state index contributed by atoms with van der Waals surface area (Å²) in [5.41, 5.74) is 0.402. The molecule has 0 aromatic heterocycles. The van der Waals surface area contributed by atoms with Crippen molar-refractivity contribution in [2.45, 2.75) is 15.2 Å². The average molecular weight is 388 g/mol. The van der Waals surface area contributed by atoms with Crippen molar-refractivity contribution in [3.05, 3.63) is 58.1 Å². The summed E-state index contributed by atoms with van der Waals surface area (Å²) in [6, 6.07) is 10.9. The Kier molecular flexibility index (Phi) is 4.46. The van der Waals surface area contributed by atoms with Crippen LogP contribution in [0.4, 0.5) is 0 Å². The zero-order chi connectivity index (χ0) is 16.8. The molecule has 3 rings (SSSR count). The van der Waals surface area contributed by atoms with Gasteiger partial charge in [0.1, 0.15) is 5.37 Å². The molecule has 0 radical (unpaired) electrons. The van der Waals surface area contributed by atoms with Crippen LogP contribution in [-0.2, 0) is 10.0 Å². The van der Waals surface area contributed by atoms with Gasteiger partial charge in [-0.25, -0.2) is 8.42 Å². The minimum Gasteiger partial charge on any atom is -0.291 e. The van der Waals surface area contributed by atoms with Gasteiger partial charge in [0, 0.05) is 27.6 Å². The molecule has 23 heavy (non-hydrogen) atoms. The molecule has 0 amide bonds. The minimum absolute atomic E-state index is 0.162. The topological polar surface area (TPSA) is 54.5 Å². The molecule has 1 aliphatic heterocycles. The second kappa shape index (κ2) is 6.11.